The third-order valence-corrected chi connectivity index (χ3v) is 3.83. The summed E-state index contributed by atoms with van der Waals surface area (Å²) in [6.07, 6.45) is -2.72. The van der Waals surface area contributed by atoms with Gasteiger partial charge in [-0.25, -0.2) is 18.3 Å². The summed E-state index contributed by atoms with van der Waals surface area (Å²) in [6, 6.07) is 1.72. The Morgan fingerprint density at radius 1 is 1.11 bits per heavy atom. The van der Waals surface area contributed by atoms with Crippen LogP contribution < -0.4 is 0 Å². The molecule has 1 heterocycles. The fraction of sp³-hybridized carbons (Fsp3) is 0.357. The zero-order valence-electron chi connectivity index (χ0n) is 13.3. The van der Waals surface area contributed by atoms with Crippen molar-refractivity contribution in [2.24, 2.45) is 0 Å². The van der Waals surface area contributed by atoms with E-state index < -0.39 is 57.6 Å². The van der Waals surface area contributed by atoms with Crippen LogP contribution in [-0.2, 0) is 25.6 Å². The number of alkyl halides is 5. The molecule has 13 heteroatoms. The Hall–Kier alpha value is -2.28. The summed E-state index contributed by atoms with van der Waals surface area (Å²) in [7, 11) is -5.12. The number of nitrogens with zero attached hydrogens (tertiary/aromatic N) is 1. The van der Waals surface area contributed by atoms with E-state index in [4.69, 9.17) is 0 Å². The number of carbonyl (C=O) groups excluding carboxylic acids is 1. The summed E-state index contributed by atoms with van der Waals surface area (Å²) >= 11 is 0. The first-order valence-corrected chi connectivity index (χ1v) is 8.77. The minimum atomic E-state index is -6.10. The molecule has 0 fully saturated rings. The minimum Gasteiger partial charge on any atom is -0.444 e. The Bertz CT molecular complexity index is 860. The lowest BCUT2D eigenvalue weighted by molar-refractivity contribution is -0.354. The number of hydrogen-bond donors (Lipinski definition) is 0. The lowest BCUT2D eigenvalue weighted by atomic mass is 10.0. The normalized spacial score (nSPS) is 24.3. The molecule has 6 nitrogen and oxygen atoms in total. The molecular formula is C14H11F6NO5S. The molecule has 1 amide bonds. The van der Waals surface area contributed by atoms with Gasteiger partial charge in [0.2, 0.25) is 0 Å². The summed E-state index contributed by atoms with van der Waals surface area (Å²) in [5, 5.41) is 0. The van der Waals surface area contributed by atoms with E-state index in [1.165, 1.54) is 24.3 Å². The van der Waals surface area contributed by atoms with Crippen molar-refractivity contribution in [3.8, 4) is 0 Å². The summed E-state index contributed by atoms with van der Waals surface area (Å²) in [6.45, 7) is -0.631. The van der Waals surface area contributed by atoms with Crippen LogP contribution in [0.2, 0.25) is 0 Å². The van der Waals surface area contributed by atoms with Crippen LogP contribution in [0.15, 0.2) is 42.4 Å². The molecule has 0 radical (unpaired) electrons. The van der Waals surface area contributed by atoms with Gasteiger partial charge < -0.3 is 4.74 Å². The van der Waals surface area contributed by atoms with Crippen LogP contribution >= 0.6 is 0 Å². The largest absolute Gasteiger partial charge is 0.444 e. The van der Waals surface area contributed by atoms with Crippen molar-refractivity contribution in [2.45, 2.75) is 24.4 Å². The molecule has 0 N–H and O–H groups in total. The highest BCUT2D eigenvalue weighted by Gasteiger charge is 2.80. The van der Waals surface area contributed by atoms with Crippen LogP contribution in [0.4, 0.5) is 31.1 Å². The molecule has 1 aromatic carbocycles. The maximum atomic E-state index is 14.2. The number of amides is 1. The van der Waals surface area contributed by atoms with Gasteiger partial charge in [0.05, 0.1) is 12.5 Å². The second kappa shape index (κ2) is 6.71. The molecule has 0 aromatic heterocycles. The zero-order chi connectivity index (χ0) is 20.7. The van der Waals surface area contributed by atoms with E-state index in [0.717, 1.165) is 0 Å². The van der Waals surface area contributed by atoms with Gasteiger partial charge in [-0.3, -0.25) is 0 Å². The predicted octanol–water partition coefficient (Wildman–Crippen LogP) is 3.32. The van der Waals surface area contributed by atoms with Crippen LogP contribution in [0.5, 0.6) is 0 Å². The summed E-state index contributed by atoms with van der Waals surface area (Å²) in [5.41, 5.74) is 0.294. The highest BCUT2D eigenvalue weighted by atomic mass is 32.2. The Morgan fingerprint density at radius 3 is 2.19 bits per heavy atom. The first kappa shape index (κ1) is 21.0. The molecule has 1 aromatic rings. The van der Waals surface area contributed by atoms with E-state index in [-0.39, 0.29) is 6.26 Å². The lowest BCUT2D eigenvalue weighted by Crippen LogP contribution is -2.68. The SMILES string of the molecule is CS(=O)(=O)OC1(F)C(F)=CN(C(=O)OCc2ccccc2)C(F)(F)C1(F)F. The molecule has 2 rings (SSSR count). The lowest BCUT2D eigenvalue weighted by Gasteiger charge is -2.42. The van der Waals surface area contributed by atoms with Crippen molar-refractivity contribution in [3.05, 3.63) is 47.9 Å². The van der Waals surface area contributed by atoms with Crippen molar-refractivity contribution >= 4 is 16.2 Å². The van der Waals surface area contributed by atoms with Crippen LogP contribution in [-0.4, -0.2) is 43.5 Å². The van der Waals surface area contributed by atoms with Gasteiger partial charge >= 0.3 is 23.9 Å². The Kier molecular flexibility index (Phi) is 5.22. The highest BCUT2D eigenvalue weighted by Crippen LogP contribution is 2.54. The molecule has 0 bridgehead atoms. The van der Waals surface area contributed by atoms with Gasteiger partial charge in [-0.05, 0) is 5.56 Å². The fourth-order valence-electron chi connectivity index (χ4n) is 2.03. The maximum absolute atomic E-state index is 14.2. The Morgan fingerprint density at radius 2 is 1.67 bits per heavy atom. The summed E-state index contributed by atoms with van der Waals surface area (Å²) in [5.74, 6) is -14.2. The first-order chi connectivity index (χ1) is 12.2. The molecule has 0 spiro atoms. The van der Waals surface area contributed by atoms with Crippen LogP contribution in [0.25, 0.3) is 0 Å². The smallest absolute Gasteiger partial charge is 0.419 e. The van der Waals surface area contributed by atoms with E-state index in [1.807, 2.05) is 0 Å². The van der Waals surface area contributed by atoms with Gasteiger partial charge in [0, 0.05) is 0 Å². The zero-order valence-corrected chi connectivity index (χ0v) is 14.2. The van der Waals surface area contributed by atoms with Crippen LogP contribution in [0.1, 0.15) is 5.56 Å². The number of carbonyl (C=O) groups is 1. The van der Waals surface area contributed by atoms with E-state index in [0.29, 0.717) is 5.56 Å². The molecule has 150 valence electrons. The molecule has 0 aliphatic carbocycles. The summed E-state index contributed by atoms with van der Waals surface area (Å²) in [4.78, 5) is 10.5. The molecule has 0 saturated carbocycles. The Balaban J connectivity index is 2.36. The molecule has 1 aliphatic rings. The number of halogens is 6. The molecule has 0 saturated heterocycles. The third-order valence-electron chi connectivity index (χ3n) is 3.30. The van der Waals surface area contributed by atoms with Crippen molar-refractivity contribution in [1.29, 1.82) is 0 Å². The van der Waals surface area contributed by atoms with E-state index in [9.17, 15) is 39.6 Å². The standard InChI is InChI=1S/C14H11F6NO5S/c1-27(23,24)26-12(16)10(15)7-21(14(19,20)13(12,17)18)11(22)25-8-9-5-3-2-4-6-9/h2-7H,8H2,1H3. The van der Waals surface area contributed by atoms with Gasteiger partial charge in [0.25, 0.3) is 10.1 Å². The highest BCUT2D eigenvalue weighted by molar-refractivity contribution is 7.86. The fourth-order valence-corrected chi connectivity index (χ4v) is 2.63. The van der Waals surface area contributed by atoms with Gasteiger partial charge in [0.15, 0.2) is 5.83 Å². The van der Waals surface area contributed by atoms with Gasteiger partial charge in [-0.15, -0.1) is 0 Å². The maximum Gasteiger partial charge on any atom is 0.419 e. The molecular weight excluding hydrogens is 408 g/mol. The molecule has 1 unspecified atom stereocenters. The molecule has 1 atom stereocenters. The minimum absolute atomic E-state index is 0.0519. The van der Waals surface area contributed by atoms with E-state index in [2.05, 4.69) is 8.92 Å². The quantitative estimate of drug-likeness (QED) is 0.425. The monoisotopic (exact) mass is 419 g/mol. The van der Waals surface area contributed by atoms with E-state index in [1.54, 1.807) is 6.07 Å². The average molecular weight is 419 g/mol. The molecule has 1 aliphatic heterocycles. The van der Waals surface area contributed by atoms with Crippen LogP contribution in [0.3, 0.4) is 0 Å². The number of benzene rings is 1. The van der Waals surface area contributed by atoms with Crippen molar-refractivity contribution in [3.63, 3.8) is 0 Å². The van der Waals surface area contributed by atoms with Crippen molar-refractivity contribution in [1.82, 2.24) is 4.90 Å². The number of hydrogen-bond acceptors (Lipinski definition) is 5. The predicted molar refractivity (Wildman–Crippen MR) is 77.3 cm³/mol. The van der Waals surface area contributed by atoms with Gasteiger partial charge in [-0.1, -0.05) is 30.3 Å². The second-order valence-corrected chi connectivity index (χ2v) is 6.96. The van der Waals surface area contributed by atoms with Crippen molar-refractivity contribution < 1.29 is 48.5 Å². The third kappa shape index (κ3) is 3.74. The van der Waals surface area contributed by atoms with Gasteiger partial charge in [0.1, 0.15) is 6.61 Å². The first-order valence-electron chi connectivity index (χ1n) is 6.95. The van der Waals surface area contributed by atoms with Crippen LogP contribution in [0, 0.1) is 0 Å². The average Bonchev–Trinajstić information content (AvgIpc) is 2.55. The van der Waals surface area contributed by atoms with E-state index >= 15 is 0 Å². The summed E-state index contributed by atoms with van der Waals surface area (Å²) < 4.78 is 113. The second-order valence-electron chi connectivity index (χ2n) is 5.39. The number of rotatable bonds is 4. The van der Waals surface area contributed by atoms with Crippen molar-refractivity contribution in [2.75, 3.05) is 6.26 Å². The topological polar surface area (TPSA) is 72.9 Å². The Labute approximate surface area is 149 Å². The number of ether oxygens (including phenoxy) is 1. The molecule has 27 heavy (non-hydrogen) atoms. The van der Waals surface area contributed by atoms with Gasteiger partial charge in [-0.2, -0.15) is 30.4 Å².